The molecule has 0 saturated carbocycles. The second kappa shape index (κ2) is 4.42. The number of oxime groups is 1. The van der Waals surface area contributed by atoms with E-state index in [1.54, 1.807) is 4.90 Å². The summed E-state index contributed by atoms with van der Waals surface area (Å²) in [7, 11) is 0. The number of benzene rings is 1. The van der Waals surface area contributed by atoms with Crippen LogP contribution in [-0.2, 0) is 4.79 Å². The topological polar surface area (TPSA) is 56.1 Å². The van der Waals surface area contributed by atoms with Crippen LogP contribution in [0.1, 0.15) is 12.8 Å². The Bertz CT molecular complexity index is 486. The first-order chi connectivity index (χ1) is 8.81. The first-order valence-corrected chi connectivity index (χ1v) is 6.15. The van der Waals surface area contributed by atoms with Gasteiger partial charge in [0, 0.05) is 12.2 Å². The van der Waals surface area contributed by atoms with Crippen molar-refractivity contribution < 1.29 is 10.0 Å². The van der Waals surface area contributed by atoms with E-state index in [-0.39, 0.29) is 17.8 Å². The lowest BCUT2D eigenvalue weighted by Gasteiger charge is -2.39. The summed E-state index contributed by atoms with van der Waals surface area (Å²) >= 11 is 0. The zero-order valence-corrected chi connectivity index (χ0v) is 9.99. The van der Waals surface area contributed by atoms with E-state index in [0.29, 0.717) is 6.54 Å². The van der Waals surface area contributed by atoms with Crippen LogP contribution in [0.4, 0.5) is 5.69 Å². The van der Waals surface area contributed by atoms with Crippen molar-refractivity contribution >= 4 is 17.3 Å². The van der Waals surface area contributed by atoms with E-state index in [2.05, 4.69) is 10.1 Å². The number of anilines is 1. The average Bonchev–Trinajstić information content (AvgIpc) is 2.86. The highest BCUT2D eigenvalue weighted by molar-refractivity contribution is 6.45. The van der Waals surface area contributed by atoms with E-state index in [4.69, 9.17) is 5.21 Å². The van der Waals surface area contributed by atoms with Crippen LogP contribution in [0.5, 0.6) is 0 Å². The van der Waals surface area contributed by atoms with Crippen molar-refractivity contribution in [1.29, 1.82) is 0 Å². The zero-order chi connectivity index (χ0) is 12.5. The summed E-state index contributed by atoms with van der Waals surface area (Å²) in [5, 5.41) is 12.1. The summed E-state index contributed by atoms with van der Waals surface area (Å²) in [5.41, 5.74) is 1.08. The van der Waals surface area contributed by atoms with E-state index in [0.717, 1.165) is 25.1 Å². The first kappa shape index (κ1) is 11.2. The fraction of sp³-hybridized carbons (Fsp3) is 0.385. The molecule has 2 heterocycles. The molecule has 1 aromatic carbocycles. The highest BCUT2D eigenvalue weighted by Gasteiger charge is 2.41. The van der Waals surface area contributed by atoms with Gasteiger partial charge in [0.2, 0.25) is 0 Å². The second-order valence-electron chi connectivity index (χ2n) is 4.65. The normalized spacial score (nSPS) is 26.7. The molecule has 1 atom stereocenters. The summed E-state index contributed by atoms with van der Waals surface area (Å²) in [4.78, 5) is 16.2. The molecular formula is C13H15N3O2. The van der Waals surface area contributed by atoms with Gasteiger partial charge in [-0.05, 0) is 25.0 Å². The maximum atomic E-state index is 12.3. The molecule has 2 aliphatic heterocycles. The van der Waals surface area contributed by atoms with Crippen LogP contribution in [0.15, 0.2) is 35.5 Å². The molecule has 3 rings (SSSR count). The number of carbonyl (C=O) groups excluding carboxylic acids is 1. The lowest BCUT2D eigenvalue weighted by Crippen LogP contribution is -2.58. The Morgan fingerprint density at radius 1 is 1.28 bits per heavy atom. The Morgan fingerprint density at radius 2 is 2.06 bits per heavy atom. The molecule has 5 nitrogen and oxygen atoms in total. The average molecular weight is 245 g/mol. The molecule has 5 heteroatoms. The second-order valence-corrected chi connectivity index (χ2v) is 4.65. The largest absolute Gasteiger partial charge is 0.410 e. The predicted octanol–water partition coefficient (Wildman–Crippen LogP) is 1.29. The Labute approximate surface area is 105 Å². The molecule has 94 valence electrons. The molecule has 2 fully saturated rings. The van der Waals surface area contributed by atoms with Crippen LogP contribution < -0.4 is 4.90 Å². The molecule has 1 amide bonds. The molecule has 0 spiro atoms. The van der Waals surface area contributed by atoms with Gasteiger partial charge in [0.15, 0.2) is 5.71 Å². The highest BCUT2D eigenvalue weighted by atomic mass is 16.4. The van der Waals surface area contributed by atoms with Crippen molar-refractivity contribution in [1.82, 2.24) is 4.90 Å². The van der Waals surface area contributed by atoms with Crippen LogP contribution >= 0.6 is 0 Å². The number of nitrogens with zero attached hydrogens (tertiary/aromatic N) is 3. The van der Waals surface area contributed by atoms with Gasteiger partial charge in [-0.15, -0.1) is 0 Å². The van der Waals surface area contributed by atoms with Crippen LogP contribution in [-0.4, -0.2) is 41.0 Å². The Kier molecular flexibility index (Phi) is 2.76. The van der Waals surface area contributed by atoms with Gasteiger partial charge in [-0.3, -0.25) is 14.6 Å². The standard InChI is InChI=1S/C13H15N3O2/c17-13-11(14-18)9-15-8-4-7-12(15)16(13)10-5-2-1-3-6-10/h1-3,5-6,12,18H,4,7-9H2/b14-11-. The quantitative estimate of drug-likeness (QED) is 0.599. The minimum atomic E-state index is -0.188. The van der Waals surface area contributed by atoms with E-state index in [1.807, 2.05) is 30.3 Å². The third-order valence-electron chi connectivity index (χ3n) is 3.60. The van der Waals surface area contributed by atoms with Crippen LogP contribution in [0.25, 0.3) is 0 Å². The summed E-state index contributed by atoms with van der Waals surface area (Å²) in [6.07, 6.45) is 2.14. The number of fused-ring (bicyclic) bond motifs is 1. The van der Waals surface area contributed by atoms with Crippen molar-refractivity contribution in [2.24, 2.45) is 5.16 Å². The van der Waals surface area contributed by atoms with Crippen molar-refractivity contribution in [3.05, 3.63) is 30.3 Å². The maximum Gasteiger partial charge on any atom is 0.278 e. The lowest BCUT2D eigenvalue weighted by atomic mass is 10.1. The molecule has 1 unspecified atom stereocenters. The number of carbonyl (C=O) groups is 1. The van der Waals surface area contributed by atoms with Gasteiger partial charge in [-0.1, -0.05) is 23.4 Å². The predicted molar refractivity (Wildman–Crippen MR) is 67.7 cm³/mol. The molecule has 18 heavy (non-hydrogen) atoms. The monoisotopic (exact) mass is 245 g/mol. The van der Waals surface area contributed by atoms with Gasteiger partial charge in [0.05, 0.1) is 12.7 Å². The molecular weight excluding hydrogens is 230 g/mol. The Hall–Kier alpha value is -1.88. The summed E-state index contributed by atoms with van der Waals surface area (Å²) in [6, 6.07) is 9.56. The Balaban J connectivity index is 2.01. The summed E-state index contributed by atoms with van der Waals surface area (Å²) in [6.45, 7) is 1.39. The third-order valence-corrected chi connectivity index (χ3v) is 3.60. The van der Waals surface area contributed by atoms with Crippen molar-refractivity contribution in [3.8, 4) is 0 Å². The highest BCUT2D eigenvalue weighted by Crippen LogP contribution is 2.29. The van der Waals surface area contributed by atoms with E-state index < -0.39 is 0 Å². The number of hydrogen-bond acceptors (Lipinski definition) is 4. The molecule has 0 aliphatic carbocycles. The van der Waals surface area contributed by atoms with Gasteiger partial charge in [-0.25, -0.2) is 0 Å². The minimum absolute atomic E-state index is 0.102. The summed E-state index contributed by atoms with van der Waals surface area (Å²) < 4.78 is 0. The molecule has 0 radical (unpaired) electrons. The minimum Gasteiger partial charge on any atom is -0.410 e. The fourth-order valence-electron chi connectivity index (χ4n) is 2.77. The maximum absolute atomic E-state index is 12.3. The number of hydrogen-bond donors (Lipinski definition) is 1. The first-order valence-electron chi connectivity index (χ1n) is 6.15. The van der Waals surface area contributed by atoms with Gasteiger partial charge < -0.3 is 5.21 Å². The van der Waals surface area contributed by atoms with Gasteiger partial charge >= 0.3 is 0 Å². The van der Waals surface area contributed by atoms with Crippen LogP contribution in [0, 0.1) is 0 Å². The molecule has 1 N–H and O–H groups in total. The van der Waals surface area contributed by atoms with Crippen molar-refractivity contribution in [2.75, 3.05) is 18.0 Å². The molecule has 2 saturated heterocycles. The fourth-order valence-corrected chi connectivity index (χ4v) is 2.77. The van der Waals surface area contributed by atoms with E-state index >= 15 is 0 Å². The van der Waals surface area contributed by atoms with E-state index in [1.165, 1.54) is 0 Å². The molecule has 2 aliphatic rings. The molecule has 1 aromatic rings. The summed E-state index contributed by atoms with van der Waals surface area (Å²) in [5.74, 6) is -0.188. The Morgan fingerprint density at radius 3 is 2.78 bits per heavy atom. The van der Waals surface area contributed by atoms with Crippen molar-refractivity contribution in [2.45, 2.75) is 19.0 Å². The van der Waals surface area contributed by atoms with Crippen LogP contribution in [0.2, 0.25) is 0 Å². The van der Waals surface area contributed by atoms with Gasteiger partial charge in [-0.2, -0.15) is 0 Å². The molecule has 0 aromatic heterocycles. The molecule has 0 bridgehead atoms. The SMILES string of the molecule is O=C1/C(=N\O)CN2CCCC2N1c1ccccc1. The smallest absolute Gasteiger partial charge is 0.278 e. The lowest BCUT2D eigenvalue weighted by molar-refractivity contribution is -0.114. The number of amides is 1. The van der Waals surface area contributed by atoms with E-state index in [9.17, 15) is 4.79 Å². The van der Waals surface area contributed by atoms with Gasteiger partial charge in [0.25, 0.3) is 5.91 Å². The van der Waals surface area contributed by atoms with Crippen LogP contribution in [0.3, 0.4) is 0 Å². The van der Waals surface area contributed by atoms with Gasteiger partial charge in [0.1, 0.15) is 0 Å². The third kappa shape index (κ3) is 1.67. The zero-order valence-electron chi connectivity index (χ0n) is 9.99. The number of rotatable bonds is 1. The number of para-hydroxylation sites is 1. The van der Waals surface area contributed by atoms with Crippen molar-refractivity contribution in [3.63, 3.8) is 0 Å².